The fourth-order valence-corrected chi connectivity index (χ4v) is 3.06. The van der Waals surface area contributed by atoms with Crippen LogP contribution in [0.15, 0.2) is 83.4 Å². The van der Waals surface area contributed by atoms with Crippen LogP contribution >= 0.6 is 0 Å². The summed E-state index contributed by atoms with van der Waals surface area (Å²) in [5, 5.41) is 2.37. The molecule has 3 rings (SSSR count). The second-order valence-electron chi connectivity index (χ2n) is 4.91. The van der Waals surface area contributed by atoms with E-state index in [4.69, 9.17) is 4.74 Å². The van der Waals surface area contributed by atoms with E-state index in [2.05, 4.69) is 4.98 Å². The van der Waals surface area contributed by atoms with E-state index in [0.717, 1.165) is 22.3 Å². The van der Waals surface area contributed by atoms with Gasteiger partial charge in [-0.1, -0.05) is 42.5 Å². The van der Waals surface area contributed by atoms with Crippen molar-refractivity contribution in [1.29, 1.82) is 0 Å². The van der Waals surface area contributed by atoms with Gasteiger partial charge in [0.25, 0.3) is 0 Å². The molecule has 1 aromatic heterocycles. The molecule has 6 heteroatoms. The van der Waals surface area contributed by atoms with Gasteiger partial charge in [0.05, 0.1) is 0 Å². The molecule has 2 aromatic carbocycles. The number of hydrogen-bond acceptors (Lipinski definition) is 5. The lowest BCUT2D eigenvalue weighted by molar-refractivity contribution is -0.128. The van der Waals surface area contributed by atoms with Gasteiger partial charge in [-0.2, -0.15) is 0 Å². The molecule has 0 bridgehead atoms. The summed E-state index contributed by atoms with van der Waals surface area (Å²) < 4.78 is 29.3. The fraction of sp³-hybridized carbons (Fsp3) is 0. The van der Waals surface area contributed by atoms with Gasteiger partial charge in [-0.05, 0) is 23.6 Å². The number of aromatic nitrogens is 1. The monoisotopic (exact) mass is 339 g/mol. The summed E-state index contributed by atoms with van der Waals surface area (Å²) in [7, 11) is -3.78. The Labute approximate surface area is 139 Å². The normalized spacial score (nSPS) is 11.7. The lowest BCUT2D eigenvalue weighted by atomic mass is 10.1. The van der Waals surface area contributed by atoms with E-state index >= 15 is 0 Å². The van der Waals surface area contributed by atoms with Crippen molar-refractivity contribution in [3.8, 4) is 5.75 Å². The number of carbonyl (C=O) groups is 1. The average molecular weight is 339 g/mol. The summed E-state index contributed by atoms with van der Waals surface area (Å²) >= 11 is 0. The highest BCUT2D eigenvalue weighted by Crippen LogP contribution is 2.25. The number of hydrogen-bond donors (Lipinski definition) is 0. The molecule has 0 aliphatic carbocycles. The minimum Gasteiger partial charge on any atom is -0.423 e. The van der Waals surface area contributed by atoms with Crippen LogP contribution < -0.4 is 4.74 Å². The van der Waals surface area contributed by atoms with Gasteiger partial charge in [0.15, 0.2) is 5.03 Å². The van der Waals surface area contributed by atoms with Gasteiger partial charge in [-0.3, -0.25) is 0 Å². The predicted molar refractivity (Wildman–Crippen MR) is 90.1 cm³/mol. The second-order valence-corrected chi connectivity index (χ2v) is 6.69. The number of ether oxygens (including phenoxy) is 1. The van der Waals surface area contributed by atoms with Crippen molar-refractivity contribution < 1.29 is 17.9 Å². The summed E-state index contributed by atoms with van der Waals surface area (Å²) in [6.45, 7) is 0. The molecule has 120 valence electrons. The third kappa shape index (κ3) is 3.49. The topological polar surface area (TPSA) is 73.3 Å². The van der Waals surface area contributed by atoms with E-state index < -0.39 is 15.8 Å². The predicted octanol–water partition coefficient (Wildman–Crippen LogP) is 3.13. The lowest BCUT2D eigenvalue weighted by Crippen LogP contribution is -2.06. The Morgan fingerprint density at radius 2 is 1.71 bits per heavy atom. The van der Waals surface area contributed by atoms with Crippen LogP contribution in [0.1, 0.15) is 0 Å². The van der Waals surface area contributed by atoms with Gasteiger partial charge < -0.3 is 4.74 Å². The molecule has 0 aliphatic heterocycles. The number of pyridine rings is 1. The van der Waals surface area contributed by atoms with Gasteiger partial charge in [0.2, 0.25) is 9.84 Å². The van der Waals surface area contributed by atoms with E-state index in [-0.39, 0.29) is 5.03 Å². The van der Waals surface area contributed by atoms with Crippen LogP contribution in [0.2, 0.25) is 0 Å². The Morgan fingerprint density at radius 1 is 0.958 bits per heavy atom. The molecule has 0 amide bonds. The minimum atomic E-state index is -3.78. The number of carbonyl (C=O) groups excluding carboxylic acids is 1. The van der Waals surface area contributed by atoms with E-state index in [9.17, 15) is 13.2 Å². The van der Waals surface area contributed by atoms with Crippen LogP contribution in [-0.4, -0.2) is 19.4 Å². The molecule has 0 N–H and O–H groups in total. The van der Waals surface area contributed by atoms with Gasteiger partial charge in [-0.25, -0.2) is 18.2 Å². The van der Waals surface area contributed by atoms with Gasteiger partial charge >= 0.3 is 5.97 Å². The zero-order valence-corrected chi connectivity index (χ0v) is 13.3. The molecule has 0 saturated carbocycles. The Bertz CT molecular complexity index is 1010. The molecular formula is C18H13NO4S. The van der Waals surface area contributed by atoms with Gasteiger partial charge in [0.1, 0.15) is 5.75 Å². The van der Waals surface area contributed by atoms with E-state index in [0.29, 0.717) is 5.75 Å². The van der Waals surface area contributed by atoms with Crippen molar-refractivity contribution in [3.05, 3.63) is 78.3 Å². The fourth-order valence-electron chi connectivity index (χ4n) is 2.16. The van der Waals surface area contributed by atoms with Crippen LogP contribution in [0, 0.1) is 0 Å². The first-order valence-electron chi connectivity index (χ1n) is 7.10. The summed E-state index contributed by atoms with van der Waals surface area (Å²) in [5.74, 6) is -0.399. The molecule has 0 fully saturated rings. The maximum absolute atomic E-state index is 12.0. The van der Waals surface area contributed by atoms with Crippen molar-refractivity contribution in [2.75, 3.05) is 0 Å². The first-order valence-corrected chi connectivity index (χ1v) is 8.65. The quantitative estimate of drug-likeness (QED) is 0.415. The molecule has 0 spiro atoms. The second kappa shape index (κ2) is 6.64. The van der Waals surface area contributed by atoms with Crippen molar-refractivity contribution in [2.45, 2.75) is 5.03 Å². The van der Waals surface area contributed by atoms with Crippen LogP contribution in [0.3, 0.4) is 0 Å². The Morgan fingerprint density at radius 3 is 2.50 bits per heavy atom. The maximum atomic E-state index is 12.0. The SMILES string of the molecule is O=C(C=CS(=O)(=O)c1ccccn1)Oc1cccc2ccccc12. The summed E-state index contributed by atoms with van der Waals surface area (Å²) in [5.41, 5.74) is 0. The Kier molecular flexibility index (Phi) is 4.39. The third-order valence-corrected chi connectivity index (χ3v) is 4.59. The molecular weight excluding hydrogens is 326 g/mol. The standard InChI is InChI=1S/C18H13NO4S/c20-18(11-13-24(21,22)17-10-3-4-12-19-17)23-16-9-5-7-14-6-1-2-8-15(14)16/h1-13H. The van der Waals surface area contributed by atoms with E-state index in [1.165, 1.54) is 12.3 Å². The number of sulfone groups is 1. The minimum absolute atomic E-state index is 0.126. The van der Waals surface area contributed by atoms with E-state index in [1.807, 2.05) is 30.3 Å². The highest BCUT2D eigenvalue weighted by molar-refractivity contribution is 7.94. The number of rotatable bonds is 4. The first kappa shape index (κ1) is 15.9. The maximum Gasteiger partial charge on any atom is 0.336 e. The van der Waals surface area contributed by atoms with Gasteiger partial charge in [0, 0.05) is 23.1 Å². The number of fused-ring (bicyclic) bond motifs is 1. The Hall–Kier alpha value is -2.99. The lowest BCUT2D eigenvalue weighted by Gasteiger charge is -2.05. The molecule has 0 atom stereocenters. The molecule has 0 aliphatic rings. The molecule has 24 heavy (non-hydrogen) atoms. The van der Waals surface area contributed by atoms with Crippen molar-refractivity contribution >= 4 is 26.6 Å². The summed E-state index contributed by atoms with van der Waals surface area (Å²) in [6, 6.07) is 17.3. The zero-order valence-electron chi connectivity index (χ0n) is 12.5. The van der Waals surface area contributed by atoms with Crippen LogP contribution in [0.25, 0.3) is 10.8 Å². The molecule has 1 heterocycles. The van der Waals surface area contributed by atoms with Crippen molar-refractivity contribution in [3.63, 3.8) is 0 Å². The molecule has 0 unspecified atom stereocenters. The zero-order chi connectivity index (χ0) is 17.0. The van der Waals surface area contributed by atoms with Crippen LogP contribution in [0.5, 0.6) is 5.75 Å². The Balaban J connectivity index is 1.80. The van der Waals surface area contributed by atoms with E-state index in [1.54, 1.807) is 24.3 Å². The molecule has 3 aromatic rings. The molecule has 0 radical (unpaired) electrons. The van der Waals surface area contributed by atoms with Crippen molar-refractivity contribution in [1.82, 2.24) is 4.98 Å². The van der Waals surface area contributed by atoms with Crippen LogP contribution in [0.4, 0.5) is 0 Å². The van der Waals surface area contributed by atoms with Gasteiger partial charge in [-0.15, -0.1) is 0 Å². The van der Waals surface area contributed by atoms with Crippen molar-refractivity contribution in [2.24, 2.45) is 0 Å². The summed E-state index contributed by atoms with van der Waals surface area (Å²) in [4.78, 5) is 15.7. The van der Waals surface area contributed by atoms with Crippen LogP contribution in [-0.2, 0) is 14.6 Å². The smallest absolute Gasteiger partial charge is 0.336 e. The number of nitrogens with zero attached hydrogens (tertiary/aromatic N) is 1. The highest BCUT2D eigenvalue weighted by Gasteiger charge is 2.12. The highest BCUT2D eigenvalue weighted by atomic mass is 32.2. The first-order chi connectivity index (χ1) is 11.6. The number of esters is 1. The average Bonchev–Trinajstić information content (AvgIpc) is 2.61. The summed E-state index contributed by atoms with van der Waals surface area (Å²) in [6.07, 6.45) is 2.25. The molecule has 0 saturated heterocycles. The largest absolute Gasteiger partial charge is 0.423 e. The number of benzene rings is 2. The third-order valence-electron chi connectivity index (χ3n) is 3.27. The molecule has 5 nitrogen and oxygen atoms in total.